The Kier molecular flexibility index (Phi) is 7.51. The Balaban J connectivity index is 1.22. The Morgan fingerprint density at radius 3 is 2.73 bits per heavy atom. The van der Waals surface area contributed by atoms with Crippen molar-refractivity contribution in [1.82, 2.24) is 24.8 Å². The quantitative estimate of drug-likeness (QED) is 0.242. The van der Waals surface area contributed by atoms with Gasteiger partial charge in [0.15, 0.2) is 0 Å². The van der Waals surface area contributed by atoms with Gasteiger partial charge in [0, 0.05) is 48.7 Å². The molecule has 1 saturated heterocycles. The number of hydrogen-bond donors (Lipinski definition) is 3. The number of aromatic nitrogens is 3. The van der Waals surface area contributed by atoms with Crippen LogP contribution in [0.3, 0.4) is 0 Å². The third-order valence-corrected chi connectivity index (χ3v) is 9.46. The van der Waals surface area contributed by atoms with Gasteiger partial charge in [-0.25, -0.2) is 4.98 Å². The normalized spacial score (nSPS) is 17.1. The lowest BCUT2D eigenvalue weighted by molar-refractivity contribution is 0.0736. The van der Waals surface area contributed by atoms with E-state index in [1.807, 2.05) is 23.1 Å². The van der Waals surface area contributed by atoms with Crippen LogP contribution >= 0.6 is 11.3 Å². The lowest BCUT2D eigenvalue weighted by atomic mass is 10.1. The minimum atomic E-state index is -0.207. The second-order valence-corrected chi connectivity index (χ2v) is 12.5. The van der Waals surface area contributed by atoms with Crippen LogP contribution in [-0.4, -0.2) is 62.9 Å². The van der Waals surface area contributed by atoms with Crippen LogP contribution in [0, 0.1) is 12.8 Å². The molecule has 0 aliphatic carbocycles. The minimum Gasteiger partial charge on any atom is -0.381 e. The van der Waals surface area contributed by atoms with E-state index in [1.54, 1.807) is 17.5 Å². The van der Waals surface area contributed by atoms with Crippen LogP contribution in [-0.2, 0) is 13.0 Å². The number of likely N-dealkylation sites (tertiary alicyclic amines) is 1. The molecule has 40 heavy (non-hydrogen) atoms. The van der Waals surface area contributed by atoms with E-state index in [1.165, 1.54) is 36.4 Å². The van der Waals surface area contributed by atoms with E-state index >= 15 is 0 Å². The first kappa shape index (κ1) is 26.8. The fourth-order valence-electron chi connectivity index (χ4n) is 6.14. The van der Waals surface area contributed by atoms with E-state index in [-0.39, 0.29) is 17.5 Å². The predicted molar refractivity (Wildman–Crippen MR) is 162 cm³/mol. The van der Waals surface area contributed by atoms with Crippen molar-refractivity contribution in [2.75, 3.05) is 31.5 Å². The maximum atomic E-state index is 13.4. The summed E-state index contributed by atoms with van der Waals surface area (Å²) in [6.07, 6.45) is 6.17. The summed E-state index contributed by atoms with van der Waals surface area (Å²) in [6, 6.07) is 8.08. The Morgan fingerprint density at radius 1 is 1.15 bits per heavy atom. The van der Waals surface area contributed by atoms with Gasteiger partial charge in [0.25, 0.3) is 11.5 Å². The average molecular weight is 559 g/mol. The van der Waals surface area contributed by atoms with E-state index in [9.17, 15) is 9.59 Å². The Morgan fingerprint density at radius 2 is 1.98 bits per heavy atom. The molecule has 5 heterocycles. The standard InChI is InChI=1S/C31H38N6O2S/c1-4-21(16-36-10-5-6-11-36)17-37-18-22-14-25-26(15-23(22)31(37)39)35-29(34-25)28-24(7-9-32-30(28)38)33-20(3)13-27-19(2)8-12-40-27/h7-9,12,14-15,20-21H,4-6,10-11,13,16-18H2,1-3H3,(H,34,35)(H2,32,33,38)/t20-,21?/m0/s1. The van der Waals surface area contributed by atoms with Gasteiger partial charge in [-0.05, 0) is 86.5 Å². The van der Waals surface area contributed by atoms with Crippen molar-refractivity contribution in [1.29, 1.82) is 0 Å². The van der Waals surface area contributed by atoms with Crippen molar-refractivity contribution in [3.05, 3.63) is 67.8 Å². The Hall–Kier alpha value is -3.43. The molecule has 3 N–H and O–H groups in total. The highest BCUT2D eigenvalue weighted by Crippen LogP contribution is 2.31. The lowest BCUT2D eigenvalue weighted by Crippen LogP contribution is -2.36. The second kappa shape index (κ2) is 11.2. The molecule has 8 nitrogen and oxygen atoms in total. The highest BCUT2D eigenvalue weighted by Gasteiger charge is 2.31. The SMILES string of the molecule is CCC(CN1CCCC1)CN1Cc2cc3[nH]c(-c4c(N[C@@H](C)Cc5sccc5C)cc[nH]c4=O)nc3cc2C1=O. The smallest absolute Gasteiger partial charge is 0.261 e. The molecule has 1 amide bonds. The number of hydrogen-bond acceptors (Lipinski definition) is 6. The van der Waals surface area contributed by atoms with Gasteiger partial charge in [0.2, 0.25) is 0 Å². The first-order valence-corrected chi connectivity index (χ1v) is 15.3. The van der Waals surface area contributed by atoms with Gasteiger partial charge in [-0.1, -0.05) is 13.3 Å². The molecule has 9 heteroatoms. The number of nitrogens with zero attached hydrogens (tertiary/aromatic N) is 3. The van der Waals surface area contributed by atoms with E-state index in [0.717, 1.165) is 48.3 Å². The number of carbonyl (C=O) groups excluding carboxylic acids is 1. The van der Waals surface area contributed by atoms with Gasteiger partial charge >= 0.3 is 0 Å². The average Bonchev–Trinajstić information content (AvgIpc) is 3.72. The van der Waals surface area contributed by atoms with Crippen LogP contribution in [0.4, 0.5) is 5.69 Å². The number of anilines is 1. The van der Waals surface area contributed by atoms with Gasteiger partial charge < -0.3 is 25.1 Å². The van der Waals surface area contributed by atoms with Crippen LogP contribution in [0.25, 0.3) is 22.4 Å². The van der Waals surface area contributed by atoms with E-state index in [0.29, 0.717) is 29.4 Å². The third kappa shape index (κ3) is 5.32. The zero-order valence-electron chi connectivity index (χ0n) is 23.5. The van der Waals surface area contributed by atoms with Gasteiger partial charge in [-0.3, -0.25) is 9.59 Å². The zero-order valence-corrected chi connectivity index (χ0v) is 24.4. The molecule has 6 rings (SSSR count). The number of H-pyrrole nitrogens is 2. The summed E-state index contributed by atoms with van der Waals surface area (Å²) in [5.41, 5.74) is 5.58. The molecule has 2 aliphatic heterocycles. The number of carbonyl (C=O) groups is 1. The Labute approximate surface area is 238 Å². The molecule has 0 radical (unpaired) electrons. The number of aryl methyl sites for hydroxylation is 1. The molecule has 210 valence electrons. The van der Waals surface area contributed by atoms with Gasteiger partial charge in [-0.2, -0.15) is 0 Å². The number of nitrogens with one attached hydrogen (secondary N) is 3. The predicted octanol–water partition coefficient (Wildman–Crippen LogP) is 5.41. The van der Waals surface area contributed by atoms with Gasteiger partial charge in [-0.15, -0.1) is 11.3 Å². The molecule has 1 fully saturated rings. The number of fused-ring (bicyclic) bond motifs is 2. The van der Waals surface area contributed by atoms with Gasteiger partial charge in [0.1, 0.15) is 11.4 Å². The Bertz CT molecular complexity index is 1580. The summed E-state index contributed by atoms with van der Waals surface area (Å²) >= 11 is 1.76. The number of amides is 1. The molecule has 4 aromatic rings. The second-order valence-electron chi connectivity index (χ2n) is 11.5. The minimum absolute atomic E-state index is 0.0823. The number of imidazole rings is 1. The highest BCUT2D eigenvalue weighted by atomic mass is 32.1. The largest absolute Gasteiger partial charge is 0.381 e. The van der Waals surface area contributed by atoms with Crippen LogP contribution < -0.4 is 10.9 Å². The topological polar surface area (TPSA) is 97.1 Å². The monoisotopic (exact) mass is 558 g/mol. The molecule has 0 bridgehead atoms. The first-order valence-electron chi connectivity index (χ1n) is 14.5. The van der Waals surface area contributed by atoms with E-state index < -0.39 is 0 Å². The van der Waals surface area contributed by atoms with Crippen molar-refractivity contribution in [2.24, 2.45) is 5.92 Å². The van der Waals surface area contributed by atoms with Crippen molar-refractivity contribution in [2.45, 2.75) is 59.0 Å². The molecule has 3 aromatic heterocycles. The summed E-state index contributed by atoms with van der Waals surface area (Å²) in [4.78, 5) is 43.2. The molecular weight excluding hydrogens is 520 g/mol. The number of benzene rings is 1. The third-order valence-electron chi connectivity index (χ3n) is 8.42. The van der Waals surface area contributed by atoms with Crippen LogP contribution in [0.1, 0.15) is 59.5 Å². The van der Waals surface area contributed by atoms with E-state index in [2.05, 4.69) is 52.4 Å². The van der Waals surface area contributed by atoms with Crippen molar-refractivity contribution >= 4 is 34.0 Å². The zero-order chi connectivity index (χ0) is 27.8. The lowest BCUT2D eigenvalue weighted by Gasteiger charge is -2.26. The molecule has 0 spiro atoms. The maximum absolute atomic E-state index is 13.4. The number of rotatable bonds is 10. The van der Waals surface area contributed by atoms with Crippen molar-refractivity contribution < 1.29 is 4.79 Å². The fraction of sp³-hybridized carbons (Fsp3) is 0.452. The summed E-state index contributed by atoms with van der Waals surface area (Å²) < 4.78 is 0. The van der Waals surface area contributed by atoms with E-state index in [4.69, 9.17) is 4.98 Å². The van der Waals surface area contributed by atoms with Crippen molar-refractivity contribution in [3.63, 3.8) is 0 Å². The fourth-order valence-corrected chi connectivity index (χ4v) is 7.18. The van der Waals surface area contributed by atoms with Crippen LogP contribution in [0.5, 0.6) is 0 Å². The number of aromatic amines is 2. The molecule has 2 atom stereocenters. The van der Waals surface area contributed by atoms with Crippen LogP contribution in [0.15, 0.2) is 40.6 Å². The molecule has 2 aliphatic rings. The molecular formula is C31H38N6O2S. The van der Waals surface area contributed by atoms with Crippen molar-refractivity contribution in [3.8, 4) is 11.4 Å². The molecule has 1 unspecified atom stereocenters. The first-order chi connectivity index (χ1) is 19.4. The highest BCUT2D eigenvalue weighted by molar-refractivity contribution is 7.10. The molecule has 0 saturated carbocycles. The number of thiophene rings is 1. The maximum Gasteiger partial charge on any atom is 0.261 e. The summed E-state index contributed by atoms with van der Waals surface area (Å²) in [5, 5.41) is 5.64. The summed E-state index contributed by atoms with van der Waals surface area (Å²) in [7, 11) is 0. The molecule has 1 aromatic carbocycles. The number of pyridine rings is 1. The van der Waals surface area contributed by atoms with Gasteiger partial charge in [0.05, 0.1) is 16.7 Å². The van der Waals surface area contributed by atoms with Crippen LogP contribution in [0.2, 0.25) is 0 Å². The summed E-state index contributed by atoms with van der Waals surface area (Å²) in [6.45, 7) is 11.3. The summed E-state index contributed by atoms with van der Waals surface area (Å²) in [5.74, 6) is 1.07.